The first-order valence-corrected chi connectivity index (χ1v) is 11.9. The molecule has 32 heavy (non-hydrogen) atoms. The average molecular weight is 441 g/mol. The van der Waals surface area contributed by atoms with Crippen molar-refractivity contribution < 1.29 is 14.7 Å². The first-order chi connectivity index (χ1) is 15.5. The molecule has 2 amide bonds. The van der Waals surface area contributed by atoms with Crippen molar-refractivity contribution in [2.75, 3.05) is 26.2 Å². The molecule has 1 atom stereocenters. The molecule has 3 rings (SSSR count). The van der Waals surface area contributed by atoms with Crippen molar-refractivity contribution in [1.82, 2.24) is 20.0 Å². The topological polar surface area (TPSA) is 87.5 Å². The summed E-state index contributed by atoms with van der Waals surface area (Å²) in [5, 5.41) is 16.6. The van der Waals surface area contributed by atoms with Crippen LogP contribution < -0.4 is 5.32 Å². The Labute approximate surface area is 190 Å². The van der Waals surface area contributed by atoms with Gasteiger partial charge >= 0.3 is 0 Å². The van der Waals surface area contributed by atoms with E-state index in [0.29, 0.717) is 18.8 Å². The molecule has 2 N–H and O–H groups in total. The van der Waals surface area contributed by atoms with Crippen molar-refractivity contribution in [3.05, 3.63) is 41.6 Å². The largest absolute Gasteiger partial charge is 0.396 e. The SMILES string of the molecule is CCCCCC1CN(CC(=O)NCCCCCO)C(=O)c2cc(-c3ccc(C)cc3)nn21. The molecule has 2 heterocycles. The molecule has 0 bridgehead atoms. The van der Waals surface area contributed by atoms with Crippen LogP contribution in [0.4, 0.5) is 0 Å². The summed E-state index contributed by atoms with van der Waals surface area (Å²) >= 11 is 0. The van der Waals surface area contributed by atoms with E-state index in [1.807, 2.05) is 41.9 Å². The number of benzene rings is 1. The second-order valence-corrected chi connectivity index (χ2v) is 8.69. The van der Waals surface area contributed by atoms with Gasteiger partial charge in [0.2, 0.25) is 5.91 Å². The molecule has 1 aliphatic heterocycles. The third kappa shape index (κ3) is 6.19. The van der Waals surface area contributed by atoms with Gasteiger partial charge in [0.15, 0.2) is 0 Å². The number of fused-ring (bicyclic) bond motifs is 1. The zero-order valence-corrected chi connectivity index (χ0v) is 19.3. The summed E-state index contributed by atoms with van der Waals surface area (Å²) in [6.07, 6.45) is 6.72. The van der Waals surface area contributed by atoms with E-state index in [1.165, 1.54) is 5.56 Å². The molecule has 0 spiro atoms. The molecule has 7 nitrogen and oxygen atoms in total. The average Bonchev–Trinajstić information content (AvgIpc) is 3.23. The van der Waals surface area contributed by atoms with Crippen LogP contribution in [0.5, 0.6) is 0 Å². The first-order valence-electron chi connectivity index (χ1n) is 11.9. The minimum Gasteiger partial charge on any atom is -0.396 e. The van der Waals surface area contributed by atoms with Crippen LogP contribution in [0.25, 0.3) is 11.3 Å². The Morgan fingerprint density at radius 2 is 1.94 bits per heavy atom. The number of aliphatic hydroxyl groups excluding tert-OH is 1. The monoisotopic (exact) mass is 440 g/mol. The van der Waals surface area contributed by atoms with Gasteiger partial charge in [-0.25, -0.2) is 0 Å². The molecular weight excluding hydrogens is 404 g/mol. The predicted molar refractivity (Wildman–Crippen MR) is 125 cm³/mol. The Morgan fingerprint density at radius 1 is 1.16 bits per heavy atom. The fourth-order valence-electron chi connectivity index (χ4n) is 4.13. The Bertz CT molecular complexity index is 891. The summed E-state index contributed by atoms with van der Waals surface area (Å²) in [6.45, 7) is 5.53. The Balaban J connectivity index is 1.73. The van der Waals surface area contributed by atoms with Crippen molar-refractivity contribution in [3.8, 4) is 11.3 Å². The third-order valence-corrected chi connectivity index (χ3v) is 6.00. The predicted octanol–water partition coefficient (Wildman–Crippen LogP) is 3.71. The molecule has 0 radical (unpaired) electrons. The number of aromatic nitrogens is 2. The van der Waals surface area contributed by atoms with Crippen molar-refractivity contribution >= 4 is 11.8 Å². The van der Waals surface area contributed by atoms with Crippen LogP contribution in [-0.4, -0.2) is 57.8 Å². The van der Waals surface area contributed by atoms with Gasteiger partial charge in [0.1, 0.15) is 5.69 Å². The molecule has 0 saturated heterocycles. The number of nitrogens with one attached hydrogen (secondary N) is 1. The Hall–Kier alpha value is -2.67. The van der Waals surface area contributed by atoms with E-state index in [-0.39, 0.29) is 31.0 Å². The molecule has 1 aromatic carbocycles. The number of aliphatic hydroxyl groups is 1. The molecule has 7 heteroatoms. The summed E-state index contributed by atoms with van der Waals surface area (Å²) in [6, 6.07) is 10.1. The van der Waals surface area contributed by atoms with E-state index >= 15 is 0 Å². The van der Waals surface area contributed by atoms with Crippen molar-refractivity contribution in [1.29, 1.82) is 0 Å². The first kappa shape index (κ1) is 24.0. The number of rotatable bonds is 12. The van der Waals surface area contributed by atoms with Crippen LogP contribution in [0, 0.1) is 6.92 Å². The van der Waals surface area contributed by atoms with Crippen LogP contribution in [-0.2, 0) is 4.79 Å². The molecule has 0 fully saturated rings. The number of carbonyl (C=O) groups is 2. The zero-order chi connectivity index (χ0) is 22.9. The molecule has 1 unspecified atom stereocenters. The highest BCUT2D eigenvalue weighted by molar-refractivity contribution is 5.96. The molecule has 0 aliphatic carbocycles. The van der Waals surface area contributed by atoms with Gasteiger partial charge in [-0.3, -0.25) is 14.3 Å². The lowest BCUT2D eigenvalue weighted by Gasteiger charge is -2.33. The number of unbranched alkanes of at least 4 members (excludes halogenated alkanes) is 4. The van der Waals surface area contributed by atoms with Crippen LogP contribution in [0.1, 0.15) is 74.0 Å². The van der Waals surface area contributed by atoms with Crippen LogP contribution in [0.2, 0.25) is 0 Å². The van der Waals surface area contributed by atoms with Crippen LogP contribution in [0.3, 0.4) is 0 Å². The normalized spacial score (nSPS) is 15.7. The van der Waals surface area contributed by atoms with Gasteiger partial charge in [-0.15, -0.1) is 0 Å². The smallest absolute Gasteiger partial charge is 0.272 e. The summed E-state index contributed by atoms with van der Waals surface area (Å²) in [4.78, 5) is 27.3. The van der Waals surface area contributed by atoms with Crippen molar-refractivity contribution in [3.63, 3.8) is 0 Å². The molecule has 1 aromatic heterocycles. The lowest BCUT2D eigenvalue weighted by Crippen LogP contribution is -2.47. The zero-order valence-electron chi connectivity index (χ0n) is 19.3. The highest BCUT2D eigenvalue weighted by Crippen LogP contribution is 2.29. The minimum absolute atomic E-state index is 0.0636. The summed E-state index contributed by atoms with van der Waals surface area (Å²) in [7, 11) is 0. The Morgan fingerprint density at radius 3 is 2.66 bits per heavy atom. The summed E-state index contributed by atoms with van der Waals surface area (Å²) in [5.74, 6) is -0.278. The van der Waals surface area contributed by atoms with Crippen LogP contribution >= 0.6 is 0 Å². The number of amides is 2. The van der Waals surface area contributed by atoms with E-state index in [1.54, 1.807) is 4.90 Å². The quantitative estimate of drug-likeness (QED) is 0.493. The van der Waals surface area contributed by atoms with Gasteiger partial charge in [0.05, 0.1) is 18.3 Å². The summed E-state index contributed by atoms with van der Waals surface area (Å²) < 4.78 is 1.89. The van der Waals surface area contributed by atoms with E-state index in [0.717, 1.165) is 56.2 Å². The van der Waals surface area contributed by atoms with Gasteiger partial charge in [-0.1, -0.05) is 56.0 Å². The van der Waals surface area contributed by atoms with Crippen LogP contribution in [0.15, 0.2) is 30.3 Å². The summed E-state index contributed by atoms with van der Waals surface area (Å²) in [5.41, 5.74) is 3.53. The van der Waals surface area contributed by atoms with E-state index in [2.05, 4.69) is 12.2 Å². The molecule has 174 valence electrons. The second kappa shape index (κ2) is 11.8. The molecule has 2 aromatic rings. The third-order valence-electron chi connectivity index (χ3n) is 6.00. The fourth-order valence-corrected chi connectivity index (χ4v) is 4.13. The molecule has 0 saturated carbocycles. The van der Waals surface area contributed by atoms with Gasteiger partial charge in [0.25, 0.3) is 5.91 Å². The minimum atomic E-state index is -0.141. The van der Waals surface area contributed by atoms with E-state index < -0.39 is 0 Å². The lowest BCUT2D eigenvalue weighted by atomic mass is 10.0. The standard InChI is InChI=1S/C25H36N4O3/c1-3-4-6-9-21-17-28(18-24(31)26-14-7-5-8-15-30)25(32)23-16-22(27-29(21)23)20-12-10-19(2)11-13-20/h10-13,16,21,30H,3-9,14-15,17-18H2,1-2H3,(H,26,31). The number of aryl methyl sites for hydroxylation is 1. The number of hydrogen-bond donors (Lipinski definition) is 2. The highest BCUT2D eigenvalue weighted by atomic mass is 16.3. The highest BCUT2D eigenvalue weighted by Gasteiger charge is 2.33. The molecule has 1 aliphatic rings. The van der Waals surface area contributed by atoms with E-state index in [4.69, 9.17) is 10.2 Å². The van der Waals surface area contributed by atoms with Gasteiger partial charge in [-0.05, 0) is 38.7 Å². The van der Waals surface area contributed by atoms with Gasteiger partial charge < -0.3 is 15.3 Å². The number of nitrogens with zero attached hydrogens (tertiary/aromatic N) is 3. The number of carbonyl (C=O) groups excluding carboxylic acids is 2. The second-order valence-electron chi connectivity index (χ2n) is 8.69. The maximum atomic E-state index is 13.2. The van der Waals surface area contributed by atoms with Gasteiger partial charge in [-0.2, -0.15) is 5.10 Å². The maximum Gasteiger partial charge on any atom is 0.272 e. The van der Waals surface area contributed by atoms with Gasteiger partial charge in [0, 0.05) is 25.3 Å². The fraction of sp³-hybridized carbons (Fsp3) is 0.560. The van der Waals surface area contributed by atoms with Crippen molar-refractivity contribution in [2.45, 2.75) is 64.8 Å². The van der Waals surface area contributed by atoms with E-state index in [9.17, 15) is 9.59 Å². The Kier molecular flexibility index (Phi) is 8.85. The maximum absolute atomic E-state index is 13.2. The molecular formula is C25H36N4O3. The van der Waals surface area contributed by atoms with Crippen molar-refractivity contribution in [2.24, 2.45) is 0 Å². The number of hydrogen-bond acceptors (Lipinski definition) is 4. The lowest BCUT2D eigenvalue weighted by molar-refractivity contribution is -0.122.